The molecule has 8 heteroatoms. The van der Waals surface area contributed by atoms with E-state index in [1.165, 1.54) is 9.13 Å². The summed E-state index contributed by atoms with van der Waals surface area (Å²) in [4.78, 5) is 32.9. The molecule has 1 aliphatic rings. The van der Waals surface area contributed by atoms with Crippen molar-refractivity contribution in [3.05, 3.63) is 45.1 Å². The third kappa shape index (κ3) is 3.12. The van der Waals surface area contributed by atoms with Crippen LogP contribution in [0.1, 0.15) is 20.8 Å². The Labute approximate surface area is 169 Å². The summed E-state index contributed by atoms with van der Waals surface area (Å²) >= 11 is 0. The maximum absolute atomic E-state index is 13.3. The van der Waals surface area contributed by atoms with E-state index < -0.39 is 0 Å². The van der Waals surface area contributed by atoms with E-state index in [-0.39, 0.29) is 17.2 Å². The number of imidazole rings is 1. The van der Waals surface area contributed by atoms with E-state index >= 15 is 0 Å². The van der Waals surface area contributed by atoms with Crippen LogP contribution in [0.3, 0.4) is 0 Å². The number of nitrogens with zero attached hydrogens (tertiary/aromatic N) is 5. The van der Waals surface area contributed by atoms with Gasteiger partial charge < -0.3 is 14.2 Å². The third-order valence-electron chi connectivity index (χ3n) is 5.35. The first kappa shape index (κ1) is 19.3. The Morgan fingerprint density at radius 3 is 2.69 bits per heavy atom. The minimum Gasteiger partial charge on any atom is -0.497 e. The maximum atomic E-state index is 13.3. The molecule has 29 heavy (non-hydrogen) atoms. The second-order valence-corrected chi connectivity index (χ2v) is 8.26. The Morgan fingerprint density at radius 1 is 1.24 bits per heavy atom. The van der Waals surface area contributed by atoms with Gasteiger partial charge in [-0.2, -0.15) is 4.98 Å². The van der Waals surface area contributed by atoms with Crippen molar-refractivity contribution in [3.63, 3.8) is 0 Å². The fraction of sp³-hybridized carbons (Fsp3) is 0.476. The molecule has 0 aliphatic carbocycles. The highest BCUT2D eigenvalue weighted by atomic mass is 16.5. The zero-order valence-electron chi connectivity index (χ0n) is 17.5. The van der Waals surface area contributed by atoms with E-state index in [0.717, 1.165) is 18.0 Å². The Bertz CT molecular complexity index is 1190. The SMILES string of the molecule is COc1cccc(N2C[C@H](C)Cn3c2nc2c3c(=O)n(CC(C)C)c(=O)n2C)c1. The van der Waals surface area contributed by atoms with Crippen molar-refractivity contribution in [1.82, 2.24) is 18.7 Å². The zero-order chi connectivity index (χ0) is 20.9. The minimum absolute atomic E-state index is 0.189. The molecule has 154 valence electrons. The molecule has 1 aliphatic heterocycles. The summed E-state index contributed by atoms with van der Waals surface area (Å²) in [6, 6.07) is 7.79. The standard InChI is InChI=1S/C21H27N5O3/c1-13(2)10-26-19(27)17-18(23(4)21(26)28)22-20-24(11-14(3)12-25(17)20)15-7-6-8-16(9-15)29-5/h6-9,13-14H,10-12H2,1-5H3/t14-/m0/s1. The van der Waals surface area contributed by atoms with Crippen LogP contribution in [0.4, 0.5) is 11.6 Å². The molecule has 3 heterocycles. The molecule has 8 nitrogen and oxygen atoms in total. The van der Waals surface area contributed by atoms with Crippen LogP contribution < -0.4 is 20.9 Å². The molecule has 0 amide bonds. The number of aryl methyl sites for hydroxylation is 1. The average Bonchev–Trinajstić information content (AvgIpc) is 3.08. The Balaban J connectivity index is 1.98. The zero-order valence-corrected chi connectivity index (χ0v) is 17.5. The van der Waals surface area contributed by atoms with E-state index in [9.17, 15) is 9.59 Å². The van der Waals surface area contributed by atoms with Crippen molar-refractivity contribution >= 4 is 22.8 Å². The first-order valence-corrected chi connectivity index (χ1v) is 9.93. The minimum atomic E-state index is -0.326. The second-order valence-electron chi connectivity index (χ2n) is 8.26. The van der Waals surface area contributed by atoms with Crippen molar-refractivity contribution < 1.29 is 4.74 Å². The average molecular weight is 397 g/mol. The number of fused-ring (bicyclic) bond motifs is 3. The van der Waals surface area contributed by atoms with Gasteiger partial charge in [0, 0.05) is 38.4 Å². The van der Waals surface area contributed by atoms with Crippen LogP contribution in [0.25, 0.3) is 11.2 Å². The molecule has 0 radical (unpaired) electrons. The fourth-order valence-corrected chi connectivity index (χ4v) is 4.03. The fourth-order valence-electron chi connectivity index (χ4n) is 4.03. The van der Waals surface area contributed by atoms with Crippen molar-refractivity contribution in [2.24, 2.45) is 18.9 Å². The summed E-state index contributed by atoms with van der Waals surface area (Å²) < 4.78 is 10.1. The second kappa shape index (κ2) is 7.09. The number of hydrogen-bond donors (Lipinski definition) is 0. The number of methoxy groups -OCH3 is 1. The van der Waals surface area contributed by atoms with Crippen molar-refractivity contribution in [2.75, 3.05) is 18.6 Å². The van der Waals surface area contributed by atoms with Crippen LogP contribution in [0.2, 0.25) is 0 Å². The number of ether oxygens (including phenoxy) is 1. The van der Waals surface area contributed by atoms with E-state index in [4.69, 9.17) is 9.72 Å². The Morgan fingerprint density at radius 2 is 2.00 bits per heavy atom. The molecular formula is C21H27N5O3. The highest BCUT2D eigenvalue weighted by Gasteiger charge is 2.30. The molecule has 0 spiro atoms. The molecule has 0 unspecified atom stereocenters. The lowest BCUT2D eigenvalue weighted by Crippen LogP contribution is -2.41. The van der Waals surface area contributed by atoms with Gasteiger partial charge in [-0.05, 0) is 24.0 Å². The van der Waals surface area contributed by atoms with Gasteiger partial charge in [0.1, 0.15) is 5.75 Å². The summed E-state index contributed by atoms with van der Waals surface area (Å²) in [6.07, 6.45) is 0. The van der Waals surface area contributed by atoms with Crippen molar-refractivity contribution in [1.29, 1.82) is 0 Å². The maximum Gasteiger partial charge on any atom is 0.332 e. The van der Waals surface area contributed by atoms with E-state index in [2.05, 4.69) is 11.8 Å². The molecule has 0 bridgehead atoms. The molecule has 0 fully saturated rings. The van der Waals surface area contributed by atoms with E-state index in [1.807, 2.05) is 42.7 Å². The van der Waals surface area contributed by atoms with Crippen molar-refractivity contribution in [3.8, 4) is 5.75 Å². The van der Waals surface area contributed by atoms with Crippen LogP contribution in [-0.4, -0.2) is 32.3 Å². The van der Waals surface area contributed by atoms with Crippen LogP contribution >= 0.6 is 0 Å². The van der Waals surface area contributed by atoms with Gasteiger partial charge in [0.15, 0.2) is 11.2 Å². The highest BCUT2D eigenvalue weighted by molar-refractivity contribution is 5.77. The summed E-state index contributed by atoms with van der Waals surface area (Å²) in [5, 5.41) is 0. The normalized spacial score (nSPS) is 16.5. The van der Waals surface area contributed by atoms with Crippen LogP contribution in [0.5, 0.6) is 5.75 Å². The van der Waals surface area contributed by atoms with Crippen molar-refractivity contribution in [2.45, 2.75) is 33.9 Å². The monoisotopic (exact) mass is 397 g/mol. The van der Waals surface area contributed by atoms with Crippen LogP contribution in [-0.2, 0) is 20.1 Å². The number of hydrogen-bond acceptors (Lipinski definition) is 5. The lowest BCUT2D eigenvalue weighted by molar-refractivity contribution is 0.414. The molecule has 0 saturated carbocycles. The number of anilines is 2. The van der Waals surface area contributed by atoms with E-state index in [0.29, 0.717) is 36.1 Å². The summed E-state index contributed by atoms with van der Waals surface area (Å²) in [6.45, 7) is 7.97. The summed E-state index contributed by atoms with van der Waals surface area (Å²) in [7, 11) is 3.32. The van der Waals surface area contributed by atoms with Gasteiger partial charge in [0.2, 0.25) is 5.95 Å². The van der Waals surface area contributed by atoms with Gasteiger partial charge in [0.25, 0.3) is 5.56 Å². The molecule has 1 atom stereocenters. The molecule has 3 aromatic rings. The molecular weight excluding hydrogens is 370 g/mol. The largest absolute Gasteiger partial charge is 0.497 e. The van der Waals surface area contributed by atoms with Crippen LogP contribution in [0.15, 0.2) is 33.9 Å². The van der Waals surface area contributed by atoms with Gasteiger partial charge >= 0.3 is 5.69 Å². The predicted molar refractivity (Wildman–Crippen MR) is 113 cm³/mol. The summed E-state index contributed by atoms with van der Waals surface area (Å²) in [5.41, 5.74) is 1.27. The molecule has 0 N–H and O–H groups in total. The lowest BCUT2D eigenvalue weighted by atomic mass is 10.1. The third-order valence-corrected chi connectivity index (χ3v) is 5.35. The quantitative estimate of drug-likeness (QED) is 0.676. The number of rotatable bonds is 4. The Hall–Kier alpha value is -3.03. The molecule has 4 rings (SSSR count). The smallest absolute Gasteiger partial charge is 0.332 e. The van der Waals surface area contributed by atoms with E-state index in [1.54, 1.807) is 14.2 Å². The van der Waals surface area contributed by atoms with Crippen LogP contribution in [0, 0.1) is 11.8 Å². The first-order chi connectivity index (χ1) is 13.8. The Kier molecular flexibility index (Phi) is 4.72. The van der Waals surface area contributed by atoms with Gasteiger partial charge in [-0.25, -0.2) is 4.79 Å². The van der Waals surface area contributed by atoms with Gasteiger partial charge in [-0.1, -0.05) is 26.8 Å². The highest BCUT2D eigenvalue weighted by Crippen LogP contribution is 2.34. The molecule has 0 saturated heterocycles. The van der Waals surface area contributed by atoms with Gasteiger partial charge in [-0.3, -0.25) is 13.9 Å². The van der Waals surface area contributed by atoms with Gasteiger partial charge in [-0.15, -0.1) is 0 Å². The first-order valence-electron chi connectivity index (χ1n) is 9.93. The number of aromatic nitrogens is 4. The molecule has 1 aromatic carbocycles. The topological polar surface area (TPSA) is 74.3 Å². The van der Waals surface area contributed by atoms with Gasteiger partial charge in [0.05, 0.1) is 7.11 Å². The molecule has 2 aromatic heterocycles. The lowest BCUT2D eigenvalue weighted by Gasteiger charge is -2.33. The summed E-state index contributed by atoms with van der Waals surface area (Å²) in [5.74, 6) is 1.94. The predicted octanol–water partition coefficient (Wildman–Crippen LogP) is 2.35. The number of benzene rings is 1.